The Morgan fingerprint density at radius 3 is 2.64 bits per heavy atom. The van der Waals surface area contributed by atoms with Crippen molar-refractivity contribution in [1.82, 2.24) is 0 Å². The topological polar surface area (TPSA) is 21.8 Å². The Balaban J connectivity index is 2.43. The zero-order valence-electron chi connectivity index (χ0n) is 6.20. The maximum absolute atomic E-state index is 5.13. The van der Waals surface area contributed by atoms with E-state index < -0.39 is 0 Å². The smallest absolute Gasteiger partial charge is 0.172 e. The molecule has 1 aromatic carbocycles. The summed E-state index contributed by atoms with van der Waals surface area (Å²) < 4.78 is 10.1. The van der Waals surface area contributed by atoms with Crippen LogP contribution in [0.25, 0.3) is 5.76 Å². The Labute approximate surface area is 65.1 Å². The molecule has 2 rings (SSSR count). The van der Waals surface area contributed by atoms with Crippen molar-refractivity contribution in [3.05, 3.63) is 36.1 Å². The van der Waals surface area contributed by atoms with Crippen LogP contribution in [0.1, 0.15) is 5.56 Å². The largest absolute Gasteiger partial charge is 0.496 e. The Hall–Kier alpha value is -1.44. The van der Waals surface area contributed by atoms with Gasteiger partial charge in [0.15, 0.2) is 5.76 Å². The Morgan fingerprint density at radius 1 is 1.27 bits per heavy atom. The van der Waals surface area contributed by atoms with Crippen LogP contribution in [0.15, 0.2) is 30.5 Å². The fourth-order valence-electron chi connectivity index (χ4n) is 1.00. The van der Waals surface area contributed by atoms with E-state index >= 15 is 0 Å². The molecule has 0 atom stereocenters. The Kier molecular flexibility index (Phi) is 1.32. The second-order valence-corrected chi connectivity index (χ2v) is 2.30. The zero-order valence-corrected chi connectivity index (χ0v) is 6.20. The Morgan fingerprint density at radius 2 is 2.00 bits per heavy atom. The zero-order chi connectivity index (χ0) is 7.68. The lowest BCUT2D eigenvalue weighted by molar-refractivity contribution is 0.411. The van der Waals surface area contributed by atoms with Gasteiger partial charge in [-0.2, -0.15) is 0 Å². The van der Waals surface area contributed by atoms with E-state index in [1.54, 1.807) is 13.4 Å². The fraction of sp³-hybridized carbons (Fsp3) is 0.111. The van der Waals surface area contributed by atoms with E-state index in [4.69, 9.17) is 9.47 Å². The van der Waals surface area contributed by atoms with E-state index in [0.29, 0.717) is 0 Å². The molecule has 0 fully saturated rings. The number of para-hydroxylation sites is 1. The number of hydrogen-bond acceptors (Lipinski definition) is 2. The molecule has 0 saturated heterocycles. The van der Waals surface area contributed by atoms with Crippen LogP contribution in [0, 0.1) is 0 Å². The first-order valence-electron chi connectivity index (χ1n) is 3.42. The lowest BCUT2D eigenvalue weighted by Gasteiger charge is -2.01. The first-order valence-corrected chi connectivity index (χ1v) is 3.42. The third-order valence-corrected chi connectivity index (χ3v) is 1.61. The minimum absolute atomic E-state index is 0.858. The first-order chi connectivity index (χ1) is 5.42. The normalized spacial score (nSPS) is 13.4. The molecule has 2 nitrogen and oxygen atoms in total. The minimum Gasteiger partial charge on any atom is -0.496 e. The molecule has 0 amide bonds. The molecule has 1 aromatic rings. The second kappa shape index (κ2) is 2.31. The minimum atomic E-state index is 0.858. The van der Waals surface area contributed by atoms with Gasteiger partial charge in [-0.3, -0.25) is 0 Å². The van der Waals surface area contributed by atoms with E-state index in [1.807, 2.05) is 24.3 Å². The fourth-order valence-corrected chi connectivity index (χ4v) is 1.00. The van der Waals surface area contributed by atoms with Crippen molar-refractivity contribution >= 4 is 5.76 Å². The van der Waals surface area contributed by atoms with E-state index in [1.165, 1.54) is 0 Å². The van der Waals surface area contributed by atoms with Gasteiger partial charge in [0.05, 0.1) is 12.7 Å². The van der Waals surface area contributed by atoms with Crippen LogP contribution < -0.4 is 4.74 Å². The van der Waals surface area contributed by atoms with E-state index in [9.17, 15) is 0 Å². The summed E-state index contributed by atoms with van der Waals surface area (Å²) in [6.45, 7) is 0. The molecule has 11 heavy (non-hydrogen) atoms. The van der Waals surface area contributed by atoms with Crippen molar-refractivity contribution in [2.24, 2.45) is 0 Å². The summed E-state index contributed by atoms with van der Waals surface area (Å²) in [5, 5.41) is 0. The van der Waals surface area contributed by atoms with Gasteiger partial charge in [-0.25, -0.2) is 0 Å². The van der Waals surface area contributed by atoms with Crippen LogP contribution in [-0.4, -0.2) is 7.11 Å². The molecule has 0 radical (unpaired) electrons. The molecule has 56 valence electrons. The van der Waals surface area contributed by atoms with Crippen molar-refractivity contribution in [3.8, 4) is 5.75 Å². The number of rotatable bonds is 2. The van der Waals surface area contributed by atoms with Gasteiger partial charge in [-0.15, -0.1) is 0 Å². The van der Waals surface area contributed by atoms with Gasteiger partial charge in [0.25, 0.3) is 0 Å². The third kappa shape index (κ3) is 1.07. The van der Waals surface area contributed by atoms with Gasteiger partial charge >= 0.3 is 0 Å². The van der Waals surface area contributed by atoms with Crippen molar-refractivity contribution in [3.63, 3.8) is 0 Å². The molecule has 0 bridgehead atoms. The van der Waals surface area contributed by atoms with Crippen LogP contribution in [0.4, 0.5) is 0 Å². The molecular formula is C9H8O2. The van der Waals surface area contributed by atoms with Crippen LogP contribution in [0.5, 0.6) is 5.75 Å². The van der Waals surface area contributed by atoms with Crippen molar-refractivity contribution in [2.45, 2.75) is 0 Å². The van der Waals surface area contributed by atoms with Crippen molar-refractivity contribution < 1.29 is 9.47 Å². The molecule has 2 heteroatoms. The number of hydrogen-bond donors (Lipinski definition) is 0. The molecule has 1 aliphatic heterocycles. The summed E-state index contributed by atoms with van der Waals surface area (Å²) >= 11 is 0. The highest BCUT2D eigenvalue weighted by atomic mass is 16.5. The molecule has 0 spiro atoms. The molecule has 0 unspecified atom stereocenters. The quantitative estimate of drug-likeness (QED) is 0.640. The summed E-state index contributed by atoms with van der Waals surface area (Å²) in [5.41, 5.74) is 1.02. The molecular weight excluding hydrogens is 140 g/mol. The predicted molar refractivity (Wildman–Crippen MR) is 42.1 cm³/mol. The monoisotopic (exact) mass is 148 g/mol. The van der Waals surface area contributed by atoms with Crippen LogP contribution in [0.3, 0.4) is 0 Å². The van der Waals surface area contributed by atoms with Gasteiger partial charge in [0.1, 0.15) is 12.0 Å². The number of ether oxygens (including phenoxy) is 2. The van der Waals surface area contributed by atoms with Crippen molar-refractivity contribution in [2.75, 3.05) is 7.11 Å². The molecule has 0 aliphatic carbocycles. The van der Waals surface area contributed by atoms with Crippen LogP contribution in [0.2, 0.25) is 0 Å². The highest BCUT2D eigenvalue weighted by molar-refractivity contribution is 5.71. The van der Waals surface area contributed by atoms with Crippen molar-refractivity contribution in [1.29, 1.82) is 0 Å². The average Bonchev–Trinajstić information content (AvgIpc) is 2.87. The summed E-state index contributed by atoms with van der Waals surface area (Å²) in [5.74, 6) is 1.76. The van der Waals surface area contributed by atoms with E-state index in [2.05, 4.69) is 0 Å². The van der Waals surface area contributed by atoms with Gasteiger partial charge in [-0.1, -0.05) is 12.1 Å². The van der Waals surface area contributed by atoms with E-state index in [-0.39, 0.29) is 0 Å². The molecule has 0 saturated carbocycles. The van der Waals surface area contributed by atoms with Gasteiger partial charge < -0.3 is 9.47 Å². The standard InChI is InChI=1S/C9H8O2/c1-10-8-5-3-2-4-7(8)9-6-11-9/h2-6H,1H3. The third-order valence-electron chi connectivity index (χ3n) is 1.61. The first kappa shape index (κ1) is 6.28. The van der Waals surface area contributed by atoms with E-state index in [0.717, 1.165) is 17.1 Å². The SMILES string of the molecule is COc1ccccc1C1=CO1. The van der Waals surface area contributed by atoms with Gasteiger partial charge in [-0.05, 0) is 12.1 Å². The molecule has 1 aliphatic rings. The van der Waals surface area contributed by atoms with Crippen LogP contribution in [-0.2, 0) is 4.74 Å². The lowest BCUT2D eigenvalue weighted by atomic mass is 10.2. The average molecular weight is 148 g/mol. The highest BCUT2D eigenvalue weighted by Crippen LogP contribution is 2.33. The molecule has 0 aromatic heterocycles. The summed E-state index contributed by atoms with van der Waals surface area (Å²) in [4.78, 5) is 0. The second-order valence-electron chi connectivity index (χ2n) is 2.30. The molecule has 1 heterocycles. The maximum atomic E-state index is 5.13. The Bertz CT molecular complexity index is 302. The summed E-state index contributed by atoms with van der Waals surface area (Å²) in [6.07, 6.45) is 1.71. The predicted octanol–water partition coefficient (Wildman–Crippen LogP) is 2.02. The maximum Gasteiger partial charge on any atom is 0.172 e. The van der Waals surface area contributed by atoms with Gasteiger partial charge in [0.2, 0.25) is 0 Å². The molecule has 0 N–H and O–H groups in total. The van der Waals surface area contributed by atoms with Crippen LogP contribution >= 0.6 is 0 Å². The number of benzene rings is 1. The lowest BCUT2D eigenvalue weighted by Crippen LogP contribution is -1.86. The summed E-state index contributed by atoms with van der Waals surface area (Å²) in [6, 6.07) is 7.78. The van der Waals surface area contributed by atoms with Gasteiger partial charge in [0, 0.05) is 0 Å². The number of methoxy groups -OCH3 is 1. The summed E-state index contributed by atoms with van der Waals surface area (Å²) in [7, 11) is 1.65. The highest BCUT2D eigenvalue weighted by Gasteiger charge is 2.16.